The maximum absolute atomic E-state index is 11.9. The highest BCUT2D eigenvalue weighted by Crippen LogP contribution is 2.36. The summed E-state index contributed by atoms with van der Waals surface area (Å²) in [6, 6.07) is 11.5. The fourth-order valence-corrected chi connectivity index (χ4v) is 2.48. The number of H-pyrrole nitrogens is 2. The molecule has 0 aliphatic rings. The van der Waals surface area contributed by atoms with Crippen LogP contribution in [0.3, 0.4) is 0 Å². The number of nitrogens with one attached hydrogen (secondary N) is 2. The molecule has 3 rings (SSSR count). The lowest BCUT2D eigenvalue weighted by Gasteiger charge is -2.02. The number of phenolic OH excluding ortho intramolecular Hbond substituents is 1. The van der Waals surface area contributed by atoms with Gasteiger partial charge in [0, 0.05) is 5.56 Å². The van der Waals surface area contributed by atoms with Crippen LogP contribution in [0.15, 0.2) is 57.5 Å². The first-order valence-electron chi connectivity index (χ1n) is 6.52. The minimum absolute atomic E-state index is 0.00924. The van der Waals surface area contributed by atoms with Gasteiger partial charge in [0.2, 0.25) is 0 Å². The first kappa shape index (κ1) is 15.3. The first-order valence-corrected chi connectivity index (χ1v) is 7.28. The van der Waals surface area contributed by atoms with Crippen molar-refractivity contribution in [1.29, 1.82) is 0 Å². The molecule has 6 nitrogen and oxygen atoms in total. The maximum atomic E-state index is 11.9. The number of nitrogens with zero attached hydrogens (tertiary/aromatic N) is 2. The van der Waals surface area contributed by atoms with Gasteiger partial charge in [0.25, 0.3) is 5.56 Å². The van der Waals surface area contributed by atoms with Gasteiger partial charge < -0.3 is 5.11 Å². The zero-order valence-corrected chi connectivity index (χ0v) is 13.1. The molecule has 0 aliphatic carbocycles. The van der Waals surface area contributed by atoms with Crippen molar-refractivity contribution in [2.24, 2.45) is 10.2 Å². The summed E-state index contributed by atoms with van der Waals surface area (Å²) in [7, 11) is 0. The SMILES string of the molecule is O=c1[nH][nH]c(-c2ccccc2O)c1N=Nc1c(Cl)cccc1Cl. The number of hydrogen-bond donors (Lipinski definition) is 3. The number of rotatable bonds is 3. The van der Waals surface area contributed by atoms with Crippen molar-refractivity contribution in [1.82, 2.24) is 10.2 Å². The lowest BCUT2D eigenvalue weighted by atomic mass is 10.1. The van der Waals surface area contributed by atoms with E-state index in [9.17, 15) is 9.90 Å². The lowest BCUT2D eigenvalue weighted by molar-refractivity contribution is 0.477. The predicted molar refractivity (Wildman–Crippen MR) is 89.2 cm³/mol. The molecule has 0 saturated heterocycles. The molecule has 0 radical (unpaired) electrons. The van der Waals surface area contributed by atoms with Gasteiger partial charge in [-0.1, -0.05) is 41.4 Å². The number of para-hydroxylation sites is 1. The number of azo groups is 1. The zero-order chi connectivity index (χ0) is 16.4. The predicted octanol–water partition coefficient (Wildman–Crippen LogP) is 4.80. The molecule has 0 saturated carbocycles. The van der Waals surface area contributed by atoms with Crippen molar-refractivity contribution in [3.05, 3.63) is 62.9 Å². The summed E-state index contributed by atoms with van der Waals surface area (Å²) in [4.78, 5) is 11.9. The fourth-order valence-electron chi connectivity index (χ4n) is 2.01. The summed E-state index contributed by atoms with van der Waals surface area (Å²) in [5, 5.41) is 23.6. The average molecular weight is 349 g/mol. The van der Waals surface area contributed by atoms with Crippen LogP contribution in [0.4, 0.5) is 11.4 Å². The largest absolute Gasteiger partial charge is 0.507 e. The lowest BCUT2D eigenvalue weighted by Crippen LogP contribution is -1.96. The van der Waals surface area contributed by atoms with Gasteiger partial charge in [-0.2, -0.15) is 0 Å². The molecule has 0 amide bonds. The molecule has 0 fully saturated rings. The highest BCUT2D eigenvalue weighted by Gasteiger charge is 2.15. The van der Waals surface area contributed by atoms with Crippen LogP contribution in [-0.2, 0) is 0 Å². The van der Waals surface area contributed by atoms with Crippen LogP contribution in [0, 0.1) is 0 Å². The maximum Gasteiger partial charge on any atom is 0.292 e. The third-order valence-corrected chi connectivity index (χ3v) is 3.72. The Labute approximate surface area is 140 Å². The van der Waals surface area contributed by atoms with Crippen LogP contribution in [0.2, 0.25) is 10.0 Å². The molecular formula is C15H10Cl2N4O2. The van der Waals surface area contributed by atoms with Crippen molar-refractivity contribution in [3.8, 4) is 17.0 Å². The summed E-state index contributed by atoms with van der Waals surface area (Å²) < 4.78 is 0. The van der Waals surface area contributed by atoms with Crippen LogP contribution >= 0.6 is 23.2 Å². The molecule has 0 bridgehead atoms. The second kappa shape index (κ2) is 6.28. The van der Waals surface area contributed by atoms with Gasteiger partial charge in [-0.25, -0.2) is 0 Å². The molecule has 0 aliphatic heterocycles. The molecule has 1 aromatic heterocycles. The fraction of sp³-hybridized carbons (Fsp3) is 0. The second-order valence-corrected chi connectivity index (χ2v) is 5.40. The van der Waals surface area contributed by atoms with Crippen LogP contribution in [0.25, 0.3) is 11.3 Å². The Morgan fingerprint density at radius 2 is 1.52 bits per heavy atom. The third kappa shape index (κ3) is 2.99. The monoisotopic (exact) mass is 348 g/mol. The van der Waals surface area contributed by atoms with E-state index in [1.165, 1.54) is 6.07 Å². The van der Waals surface area contributed by atoms with Crippen molar-refractivity contribution in [2.45, 2.75) is 0 Å². The quantitative estimate of drug-likeness (QED) is 0.593. The molecular weight excluding hydrogens is 339 g/mol. The number of aromatic hydroxyl groups is 1. The molecule has 3 N–H and O–H groups in total. The molecule has 8 heteroatoms. The molecule has 2 aromatic carbocycles. The second-order valence-electron chi connectivity index (χ2n) is 4.59. The van der Waals surface area contributed by atoms with Crippen LogP contribution < -0.4 is 5.56 Å². The van der Waals surface area contributed by atoms with Crippen molar-refractivity contribution < 1.29 is 5.11 Å². The van der Waals surface area contributed by atoms with Gasteiger partial charge in [0.05, 0.1) is 15.7 Å². The number of benzene rings is 2. The normalized spacial score (nSPS) is 11.2. The Bertz CT molecular complexity index is 926. The molecule has 0 spiro atoms. The number of phenols is 1. The Morgan fingerprint density at radius 1 is 0.870 bits per heavy atom. The zero-order valence-electron chi connectivity index (χ0n) is 11.5. The number of halogens is 2. The number of aromatic amines is 2. The average Bonchev–Trinajstić information content (AvgIpc) is 2.88. The van der Waals surface area contributed by atoms with Gasteiger partial charge in [0.1, 0.15) is 11.4 Å². The summed E-state index contributed by atoms with van der Waals surface area (Å²) in [6.07, 6.45) is 0. The number of aromatic nitrogens is 2. The summed E-state index contributed by atoms with van der Waals surface area (Å²) >= 11 is 12.0. The summed E-state index contributed by atoms with van der Waals surface area (Å²) in [6.45, 7) is 0. The van der Waals surface area contributed by atoms with E-state index in [2.05, 4.69) is 20.4 Å². The number of hydrogen-bond acceptors (Lipinski definition) is 4. The van der Waals surface area contributed by atoms with E-state index >= 15 is 0 Å². The molecule has 0 atom stereocenters. The Hall–Kier alpha value is -2.57. The Balaban J connectivity index is 2.09. The van der Waals surface area contributed by atoms with E-state index in [-0.39, 0.29) is 17.1 Å². The highest BCUT2D eigenvalue weighted by atomic mass is 35.5. The minimum atomic E-state index is -0.477. The molecule has 1 heterocycles. The highest BCUT2D eigenvalue weighted by molar-refractivity contribution is 6.38. The summed E-state index contributed by atoms with van der Waals surface area (Å²) in [5.41, 5.74) is 0.544. The molecule has 3 aromatic rings. The molecule has 0 unspecified atom stereocenters. The third-order valence-electron chi connectivity index (χ3n) is 3.11. The van der Waals surface area contributed by atoms with Gasteiger partial charge in [-0.15, -0.1) is 10.2 Å². The minimum Gasteiger partial charge on any atom is -0.507 e. The first-order chi connectivity index (χ1) is 11.1. The van der Waals surface area contributed by atoms with E-state index in [1.54, 1.807) is 36.4 Å². The van der Waals surface area contributed by atoms with Crippen molar-refractivity contribution in [2.75, 3.05) is 0 Å². The van der Waals surface area contributed by atoms with Gasteiger partial charge in [-0.3, -0.25) is 15.0 Å². The molecule has 116 valence electrons. The van der Waals surface area contributed by atoms with Crippen LogP contribution in [-0.4, -0.2) is 15.3 Å². The molecule has 23 heavy (non-hydrogen) atoms. The van der Waals surface area contributed by atoms with Crippen molar-refractivity contribution >= 4 is 34.6 Å². The van der Waals surface area contributed by atoms with E-state index in [4.69, 9.17) is 23.2 Å². The van der Waals surface area contributed by atoms with E-state index in [0.29, 0.717) is 21.3 Å². The van der Waals surface area contributed by atoms with Crippen molar-refractivity contribution in [3.63, 3.8) is 0 Å². The van der Waals surface area contributed by atoms with Crippen LogP contribution in [0.5, 0.6) is 5.75 Å². The summed E-state index contributed by atoms with van der Waals surface area (Å²) in [5.74, 6) is 0.00924. The van der Waals surface area contributed by atoms with Crippen LogP contribution in [0.1, 0.15) is 0 Å². The van der Waals surface area contributed by atoms with Gasteiger partial charge in [-0.05, 0) is 24.3 Å². The standard InChI is InChI=1S/C15H10Cl2N4O2/c16-9-5-3-6-10(17)13(9)19-20-14-12(18-21-15(14)23)8-4-1-2-7-11(8)22/h1-7,22H,(H2,18,21,23). The topological polar surface area (TPSA) is 93.6 Å². The Morgan fingerprint density at radius 3 is 2.22 bits per heavy atom. The van der Waals surface area contributed by atoms with E-state index in [1.807, 2.05) is 0 Å². The smallest absolute Gasteiger partial charge is 0.292 e. The van der Waals surface area contributed by atoms with Gasteiger partial charge in [0.15, 0.2) is 5.69 Å². The van der Waals surface area contributed by atoms with E-state index in [0.717, 1.165) is 0 Å². The van der Waals surface area contributed by atoms with E-state index < -0.39 is 5.56 Å². The van der Waals surface area contributed by atoms with Gasteiger partial charge >= 0.3 is 0 Å². The Kier molecular flexibility index (Phi) is 4.18.